The standard InChI is InChI=1S/C25H32O5/c1-16-8-7-9-17(2)21(16)13-11-19(4)23(27)14-20-12-10-18(3)22(15-26)24(20)30-25(28-5)29-6/h7-10,12,15,23,25,27H,4,11,13-14H2,1-3,5-6H3. The van der Waals surface area contributed by atoms with Crippen LogP contribution in [-0.4, -0.2) is 38.2 Å². The maximum atomic E-state index is 11.7. The number of hydrogen-bond donors (Lipinski definition) is 1. The molecule has 0 spiro atoms. The van der Waals surface area contributed by atoms with Crippen LogP contribution in [0.3, 0.4) is 0 Å². The zero-order chi connectivity index (χ0) is 22.3. The van der Waals surface area contributed by atoms with E-state index >= 15 is 0 Å². The number of carbonyl (C=O) groups excluding carboxylic acids is 1. The maximum absolute atomic E-state index is 11.7. The number of ether oxygens (including phenoxy) is 3. The number of rotatable bonds is 11. The number of carbonyl (C=O) groups is 1. The molecule has 2 rings (SSSR count). The third-order valence-corrected chi connectivity index (χ3v) is 5.44. The van der Waals surface area contributed by atoms with Gasteiger partial charge in [-0.2, -0.15) is 0 Å². The van der Waals surface area contributed by atoms with Crippen LogP contribution in [0.1, 0.15) is 44.6 Å². The minimum atomic E-state index is -0.950. The Labute approximate surface area is 179 Å². The fourth-order valence-corrected chi connectivity index (χ4v) is 3.53. The van der Waals surface area contributed by atoms with Crippen LogP contribution in [0, 0.1) is 20.8 Å². The summed E-state index contributed by atoms with van der Waals surface area (Å²) in [4.78, 5) is 11.7. The summed E-state index contributed by atoms with van der Waals surface area (Å²) in [5.41, 5.74) is 6.41. The van der Waals surface area contributed by atoms with Gasteiger partial charge in [-0.05, 0) is 67.0 Å². The molecule has 162 valence electrons. The highest BCUT2D eigenvalue weighted by atomic mass is 16.8. The minimum absolute atomic E-state index is 0.280. The number of hydrogen-bond acceptors (Lipinski definition) is 5. The number of aliphatic hydroxyl groups excluding tert-OH is 1. The zero-order valence-electron chi connectivity index (χ0n) is 18.5. The van der Waals surface area contributed by atoms with E-state index in [1.807, 2.05) is 19.1 Å². The molecule has 30 heavy (non-hydrogen) atoms. The van der Waals surface area contributed by atoms with E-state index in [9.17, 15) is 9.90 Å². The van der Waals surface area contributed by atoms with Gasteiger partial charge in [0.2, 0.25) is 0 Å². The van der Waals surface area contributed by atoms with Crippen molar-refractivity contribution in [1.29, 1.82) is 0 Å². The Hall–Kier alpha value is -2.47. The Morgan fingerprint density at radius 1 is 1.07 bits per heavy atom. The summed E-state index contributed by atoms with van der Waals surface area (Å²) in [7, 11) is 2.91. The molecule has 0 saturated heterocycles. The number of aldehydes is 1. The lowest BCUT2D eigenvalue weighted by molar-refractivity contribution is -0.219. The second kappa shape index (κ2) is 11.1. The van der Waals surface area contributed by atoms with Crippen molar-refractivity contribution < 1.29 is 24.1 Å². The molecule has 1 atom stereocenters. The molecule has 0 amide bonds. The molecule has 1 N–H and O–H groups in total. The van der Waals surface area contributed by atoms with E-state index in [1.54, 1.807) is 0 Å². The van der Waals surface area contributed by atoms with E-state index in [4.69, 9.17) is 14.2 Å². The van der Waals surface area contributed by atoms with Gasteiger partial charge < -0.3 is 19.3 Å². The van der Waals surface area contributed by atoms with Crippen LogP contribution in [0.15, 0.2) is 42.5 Å². The van der Waals surface area contributed by atoms with Crippen molar-refractivity contribution in [3.05, 3.63) is 75.9 Å². The number of aryl methyl sites for hydroxylation is 3. The first-order chi connectivity index (χ1) is 14.3. The summed E-state index contributed by atoms with van der Waals surface area (Å²) in [6.45, 7) is 9.17. The van der Waals surface area contributed by atoms with Gasteiger partial charge in [-0.15, -0.1) is 0 Å². The van der Waals surface area contributed by atoms with E-state index in [2.05, 4.69) is 38.6 Å². The van der Waals surface area contributed by atoms with Gasteiger partial charge in [0.15, 0.2) is 6.29 Å². The molecule has 0 aromatic heterocycles. The van der Waals surface area contributed by atoms with E-state index in [0.29, 0.717) is 23.3 Å². The summed E-state index contributed by atoms with van der Waals surface area (Å²) in [5.74, 6) is 0.361. The van der Waals surface area contributed by atoms with E-state index in [-0.39, 0.29) is 6.42 Å². The topological polar surface area (TPSA) is 65.0 Å². The minimum Gasteiger partial charge on any atom is -0.440 e. The van der Waals surface area contributed by atoms with Crippen molar-refractivity contribution in [2.75, 3.05) is 14.2 Å². The summed E-state index contributed by atoms with van der Waals surface area (Å²) in [5, 5.41) is 10.8. The molecule has 0 saturated carbocycles. The van der Waals surface area contributed by atoms with Crippen molar-refractivity contribution in [3.8, 4) is 5.75 Å². The normalized spacial score (nSPS) is 12.1. The second-order valence-corrected chi connectivity index (χ2v) is 7.53. The molecular weight excluding hydrogens is 380 g/mol. The van der Waals surface area contributed by atoms with E-state index in [0.717, 1.165) is 23.8 Å². The van der Waals surface area contributed by atoms with Crippen LogP contribution in [0.25, 0.3) is 0 Å². The summed E-state index contributed by atoms with van der Waals surface area (Å²) >= 11 is 0. The van der Waals surface area contributed by atoms with Gasteiger partial charge in [-0.1, -0.05) is 36.9 Å². The number of aliphatic hydroxyl groups is 1. The van der Waals surface area contributed by atoms with Gasteiger partial charge >= 0.3 is 6.48 Å². The first-order valence-corrected chi connectivity index (χ1v) is 10.0. The highest BCUT2D eigenvalue weighted by molar-refractivity contribution is 5.82. The van der Waals surface area contributed by atoms with Crippen molar-refractivity contribution in [2.24, 2.45) is 0 Å². The van der Waals surface area contributed by atoms with Gasteiger partial charge in [-0.25, -0.2) is 0 Å². The second-order valence-electron chi connectivity index (χ2n) is 7.53. The Bertz CT molecular complexity index is 863. The lowest BCUT2D eigenvalue weighted by atomic mass is 9.92. The lowest BCUT2D eigenvalue weighted by Crippen LogP contribution is -2.23. The molecule has 5 heteroatoms. The van der Waals surface area contributed by atoms with Gasteiger partial charge in [-0.3, -0.25) is 4.79 Å². The summed E-state index contributed by atoms with van der Waals surface area (Å²) < 4.78 is 16.0. The maximum Gasteiger partial charge on any atom is 0.315 e. The van der Waals surface area contributed by atoms with Crippen LogP contribution in [-0.2, 0) is 22.3 Å². The Morgan fingerprint density at radius 3 is 2.27 bits per heavy atom. The fraction of sp³-hybridized carbons (Fsp3) is 0.400. The highest BCUT2D eigenvalue weighted by Crippen LogP contribution is 2.30. The quantitative estimate of drug-likeness (QED) is 0.335. The van der Waals surface area contributed by atoms with E-state index in [1.165, 1.54) is 30.9 Å². The van der Waals surface area contributed by atoms with Crippen LogP contribution < -0.4 is 4.74 Å². The molecule has 5 nitrogen and oxygen atoms in total. The summed E-state index contributed by atoms with van der Waals surface area (Å²) in [6, 6.07) is 9.93. The van der Waals surface area contributed by atoms with Gasteiger partial charge in [0.1, 0.15) is 5.75 Å². The zero-order valence-corrected chi connectivity index (χ0v) is 18.5. The van der Waals surface area contributed by atoms with Crippen molar-refractivity contribution in [2.45, 2.75) is 52.6 Å². The highest BCUT2D eigenvalue weighted by Gasteiger charge is 2.20. The molecular formula is C25H32O5. The van der Waals surface area contributed by atoms with Gasteiger partial charge in [0.05, 0.1) is 11.7 Å². The average Bonchev–Trinajstić information content (AvgIpc) is 2.73. The molecule has 0 heterocycles. The number of benzene rings is 2. The molecule has 0 fully saturated rings. The predicted octanol–water partition coefficient (Wildman–Crippen LogP) is 4.47. The van der Waals surface area contributed by atoms with Crippen LogP contribution in [0.5, 0.6) is 5.75 Å². The molecule has 0 aliphatic carbocycles. The molecule has 0 aliphatic heterocycles. The van der Waals surface area contributed by atoms with Crippen LogP contribution in [0.2, 0.25) is 0 Å². The SMILES string of the molecule is C=C(CCc1c(C)cccc1C)C(O)Cc1ccc(C)c(C=O)c1OC(OC)OC. The molecule has 2 aromatic carbocycles. The average molecular weight is 413 g/mol. The van der Waals surface area contributed by atoms with Gasteiger partial charge in [0, 0.05) is 20.6 Å². The molecule has 2 aromatic rings. The summed E-state index contributed by atoms with van der Waals surface area (Å²) in [6.07, 6.45) is 1.76. The largest absolute Gasteiger partial charge is 0.440 e. The van der Waals surface area contributed by atoms with E-state index < -0.39 is 12.6 Å². The number of methoxy groups -OCH3 is 2. The van der Waals surface area contributed by atoms with Crippen LogP contribution >= 0.6 is 0 Å². The first kappa shape index (κ1) is 23.8. The predicted molar refractivity (Wildman–Crippen MR) is 118 cm³/mol. The Kier molecular flexibility index (Phi) is 8.78. The Balaban J connectivity index is 2.17. The Morgan fingerprint density at radius 2 is 1.70 bits per heavy atom. The molecule has 0 aliphatic rings. The van der Waals surface area contributed by atoms with Crippen molar-refractivity contribution in [1.82, 2.24) is 0 Å². The van der Waals surface area contributed by atoms with Crippen molar-refractivity contribution in [3.63, 3.8) is 0 Å². The molecule has 0 radical (unpaired) electrons. The van der Waals surface area contributed by atoms with Gasteiger partial charge in [0.25, 0.3) is 0 Å². The lowest BCUT2D eigenvalue weighted by Gasteiger charge is -2.22. The molecule has 0 bridgehead atoms. The van der Waals surface area contributed by atoms with Crippen LogP contribution in [0.4, 0.5) is 0 Å². The van der Waals surface area contributed by atoms with Crippen molar-refractivity contribution >= 4 is 6.29 Å². The molecule has 1 unspecified atom stereocenters. The first-order valence-electron chi connectivity index (χ1n) is 10.0. The smallest absolute Gasteiger partial charge is 0.315 e. The third kappa shape index (κ3) is 5.79. The fourth-order valence-electron chi connectivity index (χ4n) is 3.53. The third-order valence-electron chi connectivity index (χ3n) is 5.44. The monoisotopic (exact) mass is 412 g/mol.